The summed E-state index contributed by atoms with van der Waals surface area (Å²) in [6, 6.07) is -0.768. The zero-order valence-corrected chi connectivity index (χ0v) is 10.9. The van der Waals surface area contributed by atoms with E-state index in [9.17, 15) is 14.4 Å². The van der Waals surface area contributed by atoms with Gasteiger partial charge < -0.3 is 21.7 Å². The van der Waals surface area contributed by atoms with Crippen molar-refractivity contribution in [3.8, 4) is 0 Å². The Morgan fingerprint density at radius 3 is 2.68 bits per heavy atom. The van der Waals surface area contributed by atoms with E-state index < -0.39 is 17.5 Å². The Hall–Kier alpha value is -1.63. The molecule has 2 aliphatic rings. The molecular formula is C12H20N4O3. The van der Waals surface area contributed by atoms with Crippen molar-refractivity contribution >= 4 is 17.7 Å². The first-order chi connectivity index (χ1) is 8.97. The molecule has 0 bridgehead atoms. The average molecular weight is 268 g/mol. The molecule has 3 amide bonds. The Balaban J connectivity index is 2.04. The zero-order valence-electron chi connectivity index (χ0n) is 10.9. The number of likely N-dealkylation sites (tertiary alicyclic amines) is 1. The van der Waals surface area contributed by atoms with Crippen LogP contribution in [0.3, 0.4) is 0 Å². The van der Waals surface area contributed by atoms with Crippen LogP contribution in [0.4, 0.5) is 0 Å². The van der Waals surface area contributed by atoms with Crippen molar-refractivity contribution in [2.24, 2.45) is 11.5 Å². The Bertz CT molecular complexity index is 412. The summed E-state index contributed by atoms with van der Waals surface area (Å²) in [6.07, 6.45) is 2.81. The van der Waals surface area contributed by atoms with Crippen molar-refractivity contribution in [1.29, 1.82) is 0 Å². The van der Waals surface area contributed by atoms with E-state index in [1.165, 1.54) is 0 Å². The minimum absolute atomic E-state index is 0.0833. The number of primary amides is 1. The fraction of sp³-hybridized carbons (Fsp3) is 0.750. The van der Waals surface area contributed by atoms with Crippen molar-refractivity contribution in [3.63, 3.8) is 0 Å². The van der Waals surface area contributed by atoms with Crippen LogP contribution in [0.15, 0.2) is 0 Å². The van der Waals surface area contributed by atoms with Crippen molar-refractivity contribution in [2.45, 2.75) is 43.7 Å². The van der Waals surface area contributed by atoms with Gasteiger partial charge in [-0.2, -0.15) is 0 Å². The smallest absolute Gasteiger partial charge is 0.247 e. The Labute approximate surface area is 111 Å². The molecule has 19 heavy (non-hydrogen) atoms. The highest BCUT2D eigenvalue weighted by Gasteiger charge is 2.54. The van der Waals surface area contributed by atoms with E-state index in [4.69, 9.17) is 11.5 Å². The molecule has 0 aromatic rings. The molecule has 0 saturated carbocycles. The average Bonchev–Trinajstić information content (AvgIpc) is 2.42. The summed E-state index contributed by atoms with van der Waals surface area (Å²) in [6.45, 7) is 1.05. The number of carbonyl (C=O) groups excluding carboxylic acids is 3. The first-order valence-electron chi connectivity index (χ1n) is 6.61. The Morgan fingerprint density at radius 1 is 1.42 bits per heavy atom. The summed E-state index contributed by atoms with van der Waals surface area (Å²) >= 11 is 0. The highest BCUT2D eigenvalue weighted by atomic mass is 16.2. The van der Waals surface area contributed by atoms with Gasteiger partial charge in [0, 0.05) is 19.5 Å². The van der Waals surface area contributed by atoms with Gasteiger partial charge in [-0.3, -0.25) is 14.4 Å². The molecule has 106 valence electrons. The van der Waals surface area contributed by atoms with E-state index in [0.717, 1.165) is 12.8 Å². The summed E-state index contributed by atoms with van der Waals surface area (Å²) in [7, 11) is 0. The van der Waals surface area contributed by atoms with Gasteiger partial charge in [0.1, 0.15) is 5.54 Å². The number of hydrogen-bond donors (Lipinski definition) is 3. The number of nitrogens with zero attached hydrogens (tertiary/aromatic N) is 1. The third-order valence-electron chi connectivity index (χ3n) is 3.99. The third-order valence-corrected chi connectivity index (χ3v) is 3.99. The first-order valence-corrected chi connectivity index (χ1v) is 6.61. The number of hydrogen-bond acceptors (Lipinski definition) is 4. The maximum Gasteiger partial charge on any atom is 0.247 e. The number of amides is 3. The highest BCUT2D eigenvalue weighted by molar-refractivity contribution is 5.97. The van der Waals surface area contributed by atoms with Gasteiger partial charge in [-0.15, -0.1) is 0 Å². The monoisotopic (exact) mass is 268 g/mol. The molecule has 0 radical (unpaired) electrons. The van der Waals surface area contributed by atoms with Gasteiger partial charge in [-0.1, -0.05) is 0 Å². The fourth-order valence-electron chi connectivity index (χ4n) is 2.76. The van der Waals surface area contributed by atoms with Crippen LogP contribution in [0, 0.1) is 0 Å². The number of nitrogens with two attached hydrogens (primary N) is 2. The lowest BCUT2D eigenvalue weighted by atomic mass is 9.80. The molecular weight excluding hydrogens is 248 g/mol. The predicted molar refractivity (Wildman–Crippen MR) is 67.7 cm³/mol. The van der Waals surface area contributed by atoms with Crippen molar-refractivity contribution in [3.05, 3.63) is 0 Å². The summed E-state index contributed by atoms with van der Waals surface area (Å²) in [4.78, 5) is 36.4. The molecule has 2 saturated heterocycles. The van der Waals surface area contributed by atoms with E-state index in [-0.39, 0.29) is 24.7 Å². The lowest BCUT2D eigenvalue weighted by Gasteiger charge is -2.52. The fourth-order valence-corrected chi connectivity index (χ4v) is 2.76. The quantitative estimate of drug-likeness (QED) is 0.535. The van der Waals surface area contributed by atoms with Gasteiger partial charge in [0.15, 0.2) is 0 Å². The molecule has 2 fully saturated rings. The second-order valence-electron chi connectivity index (χ2n) is 5.27. The summed E-state index contributed by atoms with van der Waals surface area (Å²) in [5.41, 5.74) is 10.2. The largest absolute Gasteiger partial charge is 0.370 e. The van der Waals surface area contributed by atoms with Gasteiger partial charge in [0.2, 0.25) is 17.7 Å². The summed E-state index contributed by atoms with van der Waals surface area (Å²) < 4.78 is 0. The van der Waals surface area contributed by atoms with Crippen molar-refractivity contribution in [2.75, 3.05) is 13.1 Å². The summed E-state index contributed by atoms with van der Waals surface area (Å²) in [5.74, 6) is -0.823. The minimum atomic E-state index is -0.768. The molecule has 2 aliphatic heterocycles. The van der Waals surface area contributed by atoms with Crippen LogP contribution in [-0.4, -0.2) is 47.3 Å². The molecule has 0 aromatic carbocycles. The minimum Gasteiger partial charge on any atom is -0.370 e. The Kier molecular flexibility index (Phi) is 3.75. The lowest BCUT2D eigenvalue weighted by Crippen LogP contribution is -2.76. The molecule has 2 rings (SSSR count). The molecule has 5 N–H and O–H groups in total. The van der Waals surface area contributed by atoms with E-state index >= 15 is 0 Å². The maximum absolute atomic E-state index is 12.3. The zero-order chi connectivity index (χ0) is 14.0. The number of β-lactam (4-membered cyclic amide) rings is 1. The highest BCUT2D eigenvalue weighted by Crippen LogP contribution is 2.33. The number of carbonyl (C=O) groups is 3. The summed E-state index contributed by atoms with van der Waals surface area (Å²) in [5, 5.41) is 2.70. The van der Waals surface area contributed by atoms with Crippen LogP contribution < -0.4 is 16.8 Å². The van der Waals surface area contributed by atoms with Gasteiger partial charge in [0.25, 0.3) is 0 Å². The van der Waals surface area contributed by atoms with Crippen LogP contribution in [0.5, 0.6) is 0 Å². The topological polar surface area (TPSA) is 119 Å². The number of rotatable bonds is 4. The normalized spacial score (nSPS) is 27.6. The molecule has 0 aliphatic carbocycles. The van der Waals surface area contributed by atoms with Gasteiger partial charge in [-0.25, -0.2) is 0 Å². The molecule has 2 heterocycles. The maximum atomic E-state index is 12.3. The van der Waals surface area contributed by atoms with Crippen molar-refractivity contribution < 1.29 is 14.4 Å². The second kappa shape index (κ2) is 5.16. The van der Waals surface area contributed by atoms with Crippen LogP contribution in [0.25, 0.3) is 0 Å². The Morgan fingerprint density at radius 2 is 2.16 bits per heavy atom. The van der Waals surface area contributed by atoms with Gasteiger partial charge in [-0.05, 0) is 25.7 Å². The van der Waals surface area contributed by atoms with E-state index in [0.29, 0.717) is 19.5 Å². The van der Waals surface area contributed by atoms with Gasteiger partial charge >= 0.3 is 0 Å². The van der Waals surface area contributed by atoms with Crippen molar-refractivity contribution in [1.82, 2.24) is 10.2 Å². The molecule has 7 heteroatoms. The van der Waals surface area contributed by atoms with Gasteiger partial charge in [0.05, 0.1) is 6.04 Å². The second-order valence-corrected chi connectivity index (χ2v) is 5.27. The standard InChI is InChI=1S/C12H20N4O3/c13-8(3-4-9(14)17)10(18)16-6-2-1-5-12(16)7-15-11(12)19/h8H,1-7,13H2,(H2,14,17)(H,15,19)/t8-,12?/m0/s1. The predicted octanol–water partition coefficient (Wildman–Crippen LogP) is -1.54. The molecule has 2 atom stereocenters. The molecule has 1 spiro atoms. The van der Waals surface area contributed by atoms with E-state index in [1.807, 2.05) is 0 Å². The van der Waals surface area contributed by atoms with Crippen LogP contribution in [0.1, 0.15) is 32.1 Å². The SMILES string of the molecule is NC(=O)CC[C@H](N)C(=O)N1CCCCC12CNC2=O. The molecule has 1 unspecified atom stereocenters. The lowest BCUT2D eigenvalue weighted by molar-refractivity contribution is -0.159. The van der Waals surface area contributed by atoms with Crippen LogP contribution in [-0.2, 0) is 14.4 Å². The van der Waals surface area contributed by atoms with Crippen LogP contribution in [0.2, 0.25) is 0 Å². The third kappa shape index (κ3) is 2.42. The molecule has 0 aromatic heterocycles. The van der Waals surface area contributed by atoms with E-state index in [1.54, 1.807) is 4.90 Å². The number of nitrogens with one attached hydrogen (secondary N) is 1. The van der Waals surface area contributed by atoms with Crippen LogP contribution >= 0.6 is 0 Å². The number of piperidine rings is 1. The first kappa shape index (κ1) is 13.8. The van der Waals surface area contributed by atoms with E-state index in [2.05, 4.69) is 5.32 Å². The molecule has 7 nitrogen and oxygen atoms in total.